The summed E-state index contributed by atoms with van der Waals surface area (Å²) < 4.78 is 10.9. The van der Waals surface area contributed by atoms with Crippen LogP contribution in [0, 0.1) is 0 Å². The second-order valence-electron chi connectivity index (χ2n) is 5.35. The lowest BCUT2D eigenvalue weighted by Gasteiger charge is -2.29. The normalized spacial score (nSPS) is 13.6. The van der Waals surface area contributed by atoms with Gasteiger partial charge in [-0.15, -0.1) is 0 Å². The second-order valence-corrected chi connectivity index (χ2v) is 5.35. The van der Waals surface area contributed by atoms with Crippen molar-refractivity contribution in [1.82, 2.24) is 9.97 Å². The minimum atomic E-state index is 0.596. The molecule has 0 N–H and O–H groups in total. The molecule has 1 aromatic heterocycles. The summed E-state index contributed by atoms with van der Waals surface area (Å²) in [7, 11) is 1.62. The summed E-state index contributed by atoms with van der Waals surface area (Å²) in [5.74, 6) is 2.28. The van der Waals surface area contributed by atoms with Crippen LogP contribution in [0.2, 0.25) is 0 Å². The SMILES string of the molecule is CCCOc1ccc2c(c1)CCN(c1nccc(OC)n1)C2. The van der Waals surface area contributed by atoms with Crippen LogP contribution in [-0.4, -0.2) is 30.2 Å². The first kappa shape index (κ1) is 14.6. The highest BCUT2D eigenvalue weighted by atomic mass is 16.5. The van der Waals surface area contributed by atoms with E-state index in [9.17, 15) is 0 Å². The number of rotatable bonds is 5. The van der Waals surface area contributed by atoms with Gasteiger partial charge in [-0.05, 0) is 36.1 Å². The van der Waals surface area contributed by atoms with Crippen molar-refractivity contribution < 1.29 is 9.47 Å². The fraction of sp³-hybridized carbons (Fsp3) is 0.412. The lowest BCUT2D eigenvalue weighted by Crippen LogP contribution is -2.31. The van der Waals surface area contributed by atoms with Crippen LogP contribution in [0.3, 0.4) is 0 Å². The summed E-state index contributed by atoms with van der Waals surface area (Å²) in [5, 5.41) is 0. The third kappa shape index (κ3) is 3.13. The Morgan fingerprint density at radius 2 is 2.14 bits per heavy atom. The van der Waals surface area contributed by atoms with E-state index in [1.165, 1.54) is 11.1 Å². The van der Waals surface area contributed by atoms with Gasteiger partial charge in [-0.25, -0.2) is 4.98 Å². The van der Waals surface area contributed by atoms with Gasteiger partial charge in [0.25, 0.3) is 0 Å². The number of fused-ring (bicyclic) bond motifs is 1. The van der Waals surface area contributed by atoms with E-state index in [1.54, 1.807) is 19.4 Å². The molecular formula is C17H21N3O2. The molecule has 0 fully saturated rings. The first-order valence-corrected chi connectivity index (χ1v) is 7.66. The predicted molar refractivity (Wildman–Crippen MR) is 85.6 cm³/mol. The molecule has 0 aliphatic carbocycles. The van der Waals surface area contributed by atoms with Crippen molar-refractivity contribution in [3.05, 3.63) is 41.6 Å². The average molecular weight is 299 g/mol. The highest BCUT2D eigenvalue weighted by Gasteiger charge is 2.19. The Bertz CT molecular complexity index is 646. The highest BCUT2D eigenvalue weighted by molar-refractivity contribution is 5.43. The minimum Gasteiger partial charge on any atom is -0.494 e. The zero-order valence-electron chi connectivity index (χ0n) is 13.1. The van der Waals surface area contributed by atoms with Gasteiger partial charge in [-0.2, -0.15) is 4.98 Å². The van der Waals surface area contributed by atoms with Gasteiger partial charge in [0, 0.05) is 25.4 Å². The smallest absolute Gasteiger partial charge is 0.228 e. The molecule has 0 spiro atoms. The van der Waals surface area contributed by atoms with Gasteiger partial charge in [0.15, 0.2) is 0 Å². The zero-order chi connectivity index (χ0) is 15.4. The maximum absolute atomic E-state index is 5.71. The highest BCUT2D eigenvalue weighted by Crippen LogP contribution is 2.26. The van der Waals surface area contributed by atoms with E-state index in [4.69, 9.17) is 9.47 Å². The van der Waals surface area contributed by atoms with Gasteiger partial charge >= 0.3 is 0 Å². The van der Waals surface area contributed by atoms with Crippen LogP contribution in [0.4, 0.5) is 5.95 Å². The van der Waals surface area contributed by atoms with Crippen molar-refractivity contribution in [3.63, 3.8) is 0 Å². The molecule has 1 aliphatic rings. The average Bonchev–Trinajstić information content (AvgIpc) is 2.59. The van der Waals surface area contributed by atoms with E-state index in [1.807, 2.05) is 6.07 Å². The molecule has 0 amide bonds. The van der Waals surface area contributed by atoms with Crippen LogP contribution in [0.1, 0.15) is 24.5 Å². The zero-order valence-corrected chi connectivity index (χ0v) is 13.1. The summed E-state index contributed by atoms with van der Waals surface area (Å²) >= 11 is 0. The lowest BCUT2D eigenvalue weighted by molar-refractivity contribution is 0.317. The van der Waals surface area contributed by atoms with Crippen molar-refractivity contribution in [3.8, 4) is 11.6 Å². The van der Waals surface area contributed by atoms with Crippen molar-refractivity contribution in [2.45, 2.75) is 26.3 Å². The maximum Gasteiger partial charge on any atom is 0.228 e. The van der Waals surface area contributed by atoms with Crippen molar-refractivity contribution in [1.29, 1.82) is 0 Å². The number of anilines is 1. The molecule has 0 bridgehead atoms. The fourth-order valence-electron chi connectivity index (χ4n) is 2.61. The largest absolute Gasteiger partial charge is 0.494 e. The lowest BCUT2D eigenvalue weighted by atomic mass is 10.00. The molecular weight excluding hydrogens is 278 g/mol. The first-order chi connectivity index (χ1) is 10.8. The second kappa shape index (κ2) is 6.64. The fourth-order valence-corrected chi connectivity index (χ4v) is 2.61. The van der Waals surface area contributed by atoms with Gasteiger partial charge in [0.05, 0.1) is 13.7 Å². The molecule has 5 nitrogen and oxygen atoms in total. The number of ether oxygens (including phenoxy) is 2. The van der Waals surface area contributed by atoms with Crippen LogP contribution < -0.4 is 14.4 Å². The number of methoxy groups -OCH3 is 1. The number of nitrogens with zero attached hydrogens (tertiary/aromatic N) is 3. The Balaban J connectivity index is 1.76. The standard InChI is InChI=1S/C17H21N3O2/c1-3-10-22-15-5-4-14-12-20(9-7-13(14)11-15)17-18-8-6-16(19-17)21-2/h4-6,8,11H,3,7,9-10,12H2,1-2H3. The molecule has 2 aromatic rings. The third-order valence-corrected chi connectivity index (χ3v) is 3.77. The number of hydrogen-bond donors (Lipinski definition) is 0. The topological polar surface area (TPSA) is 47.5 Å². The maximum atomic E-state index is 5.71. The van der Waals surface area contributed by atoms with Crippen LogP contribution in [0.15, 0.2) is 30.5 Å². The molecule has 3 rings (SSSR count). The first-order valence-electron chi connectivity index (χ1n) is 7.66. The van der Waals surface area contributed by atoms with Gasteiger partial charge in [-0.3, -0.25) is 0 Å². The molecule has 0 radical (unpaired) electrons. The van der Waals surface area contributed by atoms with Gasteiger partial charge < -0.3 is 14.4 Å². The number of hydrogen-bond acceptors (Lipinski definition) is 5. The molecule has 116 valence electrons. The molecule has 0 unspecified atom stereocenters. The Labute approximate surface area is 130 Å². The molecule has 0 atom stereocenters. The Morgan fingerprint density at radius 3 is 2.95 bits per heavy atom. The van der Waals surface area contributed by atoms with E-state index >= 15 is 0 Å². The van der Waals surface area contributed by atoms with E-state index in [0.717, 1.165) is 44.2 Å². The van der Waals surface area contributed by atoms with Gasteiger partial charge in [-0.1, -0.05) is 13.0 Å². The summed E-state index contributed by atoms with van der Waals surface area (Å²) in [6, 6.07) is 8.12. The predicted octanol–water partition coefficient (Wildman–Crippen LogP) is 2.84. The van der Waals surface area contributed by atoms with Crippen LogP contribution in [0.25, 0.3) is 0 Å². The van der Waals surface area contributed by atoms with Crippen molar-refractivity contribution in [2.75, 3.05) is 25.2 Å². The third-order valence-electron chi connectivity index (χ3n) is 3.77. The molecule has 0 saturated carbocycles. The number of aromatic nitrogens is 2. The van der Waals surface area contributed by atoms with E-state index in [2.05, 4.69) is 33.9 Å². The van der Waals surface area contributed by atoms with Gasteiger partial charge in [0.2, 0.25) is 11.8 Å². The van der Waals surface area contributed by atoms with Crippen LogP contribution in [0.5, 0.6) is 11.6 Å². The van der Waals surface area contributed by atoms with Gasteiger partial charge in [0.1, 0.15) is 5.75 Å². The molecule has 5 heteroatoms. The molecule has 1 aromatic carbocycles. The van der Waals surface area contributed by atoms with Crippen molar-refractivity contribution >= 4 is 5.95 Å². The van der Waals surface area contributed by atoms with E-state index in [-0.39, 0.29) is 0 Å². The minimum absolute atomic E-state index is 0.596. The summed E-state index contributed by atoms with van der Waals surface area (Å²) in [6.07, 6.45) is 3.73. The molecule has 22 heavy (non-hydrogen) atoms. The summed E-state index contributed by atoms with van der Waals surface area (Å²) in [5.41, 5.74) is 2.66. The monoisotopic (exact) mass is 299 g/mol. The Hall–Kier alpha value is -2.30. The molecule has 0 saturated heterocycles. The molecule has 2 heterocycles. The van der Waals surface area contributed by atoms with Crippen LogP contribution >= 0.6 is 0 Å². The van der Waals surface area contributed by atoms with E-state index < -0.39 is 0 Å². The van der Waals surface area contributed by atoms with Crippen molar-refractivity contribution in [2.24, 2.45) is 0 Å². The van der Waals surface area contributed by atoms with Crippen LogP contribution in [-0.2, 0) is 13.0 Å². The molecule has 1 aliphatic heterocycles. The number of benzene rings is 1. The quantitative estimate of drug-likeness (QED) is 0.849. The Morgan fingerprint density at radius 1 is 1.23 bits per heavy atom. The summed E-state index contributed by atoms with van der Waals surface area (Å²) in [6.45, 7) is 4.60. The van der Waals surface area contributed by atoms with E-state index in [0.29, 0.717) is 5.88 Å². The summed E-state index contributed by atoms with van der Waals surface area (Å²) in [4.78, 5) is 10.9. The Kier molecular flexibility index (Phi) is 4.42.